The molecule has 0 saturated heterocycles. The van der Waals surface area contributed by atoms with E-state index in [0.717, 1.165) is 0 Å². The maximum Gasteiger partial charge on any atom is 0.294 e. The second-order valence-corrected chi connectivity index (χ2v) is 7.22. The van der Waals surface area contributed by atoms with Crippen LogP contribution in [0.25, 0.3) is 0 Å². The fourth-order valence-corrected chi connectivity index (χ4v) is 3.35. The van der Waals surface area contributed by atoms with E-state index in [2.05, 4.69) is 5.32 Å². The smallest absolute Gasteiger partial charge is 0.294 e. The van der Waals surface area contributed by atoms with Gasteiger partial charge in [0.2, 0.25) is 5.91 Å². The van der Waals surface area contributed by atoms with Crippen LogP contribution >= 0.6 is 11.6 Å². The summed E-state index contributed by atoms with van der Waals surface area (Å²) in [5.41, 5.74) is 0.424. The number of fused-ring (bicyclic) bond motifs is 1. The minimum absolute atomic E-state index is 0.0533. The molecule has 2 aromatic carbocycles. The fraction of sp³-hybridized carbons (Fsp3) is 0.263. The van der Waals surface area contributed by atoms with Crippen LogP contribution in [0.5, 0.6) is 0 Å². The van der Waals surface area contributed by atoms with Crippen molar-refractivity contribution in [2.45, 2.75) is 26.2 Å². The minimum Gasteiger partial charge on any atom is -0.316 e. The van der Waals surface area contributed by atoms with Crippen molar-refractivity contribution in [1.29, 1.82) is 0 Å². The van der Waals surface area contributed by atoms with Gasteiger partial charge in [0, 0.05) is 23.2 Å². The Morgan fingerprint density at radius 3 is 2.44 bits per heavy atom. The van der Waals surface area contributed by atoms with Crippen LogP contribution < -0.4 is 10.2 Å². The second kappa shape index (κ2) is 6.66. The lowest BCUT2D eigenvalue weighted by Gasteiger charge is -2.18. The topological polar surface area (TPSA) is 92.6 Å². The van der Waals surface area contributed by atoms with Crippen LogP contribution in [0, 0.1) is 10.1 Å². The summed E-state index contributed by atoms with van der Waals surface area (Å²) in [5, 5.41) is 14.6. The highest BCUT2D eigenvalue weighted by Gasteiger charge is 2.44. The number of rotatable bonds is 4. The average molecular weight is 388 g/mol. The van der Waals surface area contributed by atoms with Gasteiger partial charge < -0.3 is 10.2 Å². The summed E-state index contributed by atoms with van der Waals surface area (Å²) in [6, 6.07) is 9.06. The van der Waals surface area contributed by atoms with Crippen LogP contribution in [-0.4, -0.2) is 23.3 Å². The first-order valence-electron chi connectivity index (χ1n) is 8.38. The maximum absolute atomic E-state index is 12.6. The minimum atomic E-state index is -0.833. The molecule has 0 unspecified atom stereocenters. The molecule has 0 aliphatic carbocycles. The van der Waals surface area contributed by atoms with Crippen molar-refractivity contribution in [1.82, 2.24) is 0 Å². The largest absolute Gasteiger partial charge is 0.316 e. The molecular weight excluding hydrogens is 370 g/mol. The molecule has 140 valence electrons. The molecule has 0 radical (unpaired) electrons. The molecule has 0 bridgehead atoms. The SMILES string of the molecule is CCN1C(=O)C(C)(C)c2cc(NC(=O)c3ccc(Cl)cc3)c([N+](=O)[O-])cc21. The van der Waals surface area contributed by atoms with E-state index < -0.39 is 16.2 Å². The molecule has 1 heterocycles. The van der Waals surface area contributed by atoms with E-state index in [-0.39, 0.29) is 17.3 Å². The number of hydrogen-bond donors (Lipinski definition) is 1. The molecule has 2 amide bonds. The van der Waals surface area contributed by atoms with Crippen molar-refractivity contribution in [2.75, 3.05) is 16.8 Å². The standard InChI is InChI=1S/C19H18ClN3O4/c1-4-22-15-10-16(23(26)27)14(9-13(15)19(2,3)18(22)25)21-17(24)11-5-7-12(20)8-6-11/h5-10H,4H2,1-3H3,(H,21,24). The first-order chi connectivity index (χ1) is 12.7. The molecule has 1 aliphatic heterocycles. The van der Waals surface area contributed by atoms with E-state index in [1.165, 1.54) is 29.2 Å². The Hall–Kier alpha value is -2.93. The van der Waals surface area contributed by atoms with Gasteiger partial charge in [0.25, 0.3) is 11.6 Å². The van der Waals surface area contributed by atoms with Gasteiger partial charge in [-0.15, -0.1) is 0 Å². The van der Waals surface area contributed by atoms with Crippen molar-refractivity contribution in [3.05, 3.63) is 62.7 Å². The zero-order valence-corrected chi connectivity index (χ0v) is 15.8. The molecule has 0 fully saturated rings. The second-order valence-electron chi connectivity index (χ2n) is 6.78. The first-order valence-corrected chi connectivity index (χ1v) is 8.76. The number of likely N-dealkylation sites (N-methyl/N-ethyl adjacent to an activating group) is 1. The Labute approximate surface area is 161 Å². The predicted octanol–water partition coefficient (Wildman–Crippen LogP) is 4.14. The Morgan fingerprint density at radius 1 is 1.26 bits per heavy atom. The summed E-state index contributed by atoms with van der Waals surface area (Å²) in [6.45, 7) is 5.74. The molecule has 0 aromatic heterocycles. The number of amides is 2. The summed E-state index contributed by atoms with van der Waals surface area (Å²) in [6.07, 6.45) is 0. The van der Waals surface area contributed by atoms with Gasteiger partial charge in [-0.1, -0.05) is 11.6 Å². The number of anilines is 2. The van der Waals surface area contributed by atoms with Gasteiger partial charge >= 0.3 is 0 Å². The predicted molar refractivity (Wildman–Crippen MR) is 104 cm³/mol. The Morgan fingerprint density at radius 2 is 1.89 bits per heavy atom. The van der Waals surface area contributed by atoms with Gasteiger partial charge in [-0.2, -0.15) is 0 Å². The molecule has 27 heavy (non-hydrogen) atoms. The first kappa shape index (κ1) is 18.8. The van der Waals surface area contributed by atoms with Gasteiger partial charge in [-0.3, -0.25) is 19.7 Å². The lowest BCUT2D eigenvalue weighted by Crippen LogP contribution is -2.35. The number of nitrogens with one attached hydrogen (secondary N) is 1. The van der Waals surface area contributed by atoms with E-state index in [4.69, 9.17) is 11.6 Å². The summed E-state index contributed by atoms with van der Waals surface area (Å²) in [5.74, 6) is -0.625. The van der Waals surface area contributed by atoms with E-state index in [0.29, 0.717) is 28.4 Å². The number of halogens is 1. The van der Waals surface area contributed by atoms with Crippen LogP contribution in [0.1, 0.15) is 36.7 Å². The van der Waals surface area contributed by atoms with E-state index in [1.54, 1.807) is 26.0 Å². The van der Waals surface area contributed by atoms with Gasteiger partial charge in [0.15, 0.2) is 0 Å². The summed E-state index contributed by atoms with van der Waals surface area (Å²) in [7, 11) is 0. The molecule has 3 rings (SSSR count). The molecular formula is C19H18ClN3O4. The number of carbonyl (C=O) groups excluding carboxylic acids is 2. The normalized spacial score (nSPS) is 14.8. The molecule has 1 aliphatic rings. The van der Waals surface area contributed by atoms with Crippen molar-refractivity contribution in [3.8, 4) is 0 Å². The van der Waals surface area contributed by atoms with Crippen LogP contribution in [0.3, 0.4) is 0 Å². The van der Waals surface area contributed by atoms with Gasteiger partial charge in [-0.05, 0) is 56.7 Å². The number of nitro groups is 1. The summed E-state index contributed by atoms with van der Waals surface area (Å²) < 4.78 is 0. The van der Waals surface area contributed by atoms with Crippen LogP contribution in [0.15, 0.2) is 36.4 Å². The zero-order valence-electron chi connectivity index (χ0n) is 15.1. The highest BCUT2D eigenvalue weighted by Crippen LogP contribution is 2.45. The number of nitro benzene ring substituents is 1. The van der Waals surface area contributed by atoms with Crippen LogP contribution in [-0.2, 0) is 10.2 Å². The Balaban J connectivity index is 2.07. The Bertz CT molecular complexity index is 954. The maximum atomic E-state index is 12.6. The molecule has 1 N–H and O–H groups in total. The molecule has 8 heteroatoms. The molecule has 0 spiro atoms. The van der Waals surface area contributed by atoms with Crippen molar-refractivity contribution in [2.24, 2.45) is 0 Å². The Kier molecular flexibility index (Phi) is 4.65. The van der Waals surface area contributed by atoms with Crippen molar-refractivity contribution < 1.29 is 14.5 Å². The third kappa shape index (κ3) is 3.14. The van der Waals surface area contributed by atoms with E-state index in [1.807, 2.05) is 6.92 Å². The molecule has 2 aromatic rings. The molecule has 0 saturated carbocycles. The lowest BCUT2D eigenvalue weighted by molar-refractivity contribution is -0.383. The lowest BCUT2D eigenvalue weighted by atomic mass is 9.85. The third-order valence-electron chi connectivity index (χ3n) is 4.73. The van der Waals surface area contributed by atoms with Crippen LogP contribution in [0.2, 0.25) is 5.02 Å². The summed E-state index contributed by atoms with van der Waals surface area (Å²) >= 11 is 5.82. The monoisotopic (exact) mass is 387 g/mol. The number of hydrogen-bond acceptors (Lipinski definition) is 4. The summed E-state index contributed by atoms with van der Waals surface area (Å²) in [4.78, 5) is 37.6. The number of nitrogens with zero attached hydrogens (tertiary/aromatic N) is 2. The number of benzene rings is 2. The van der Waals surface area contributed by atoms with Crippen molar-refractivity contribution >= 4 is 40.5 Å². The van der Waals surface area contributed by atoms with Gasteiger partial charge in [-0.25, -0.2) is 0 Å². The van der Waals surface area contributed by atoms with Gasteiger partial charge in [0.05, 0.1) is 16.0 Å². The molecule has 7 nitrogen and oxygen atoms in total. The average Bonchev–Trinajstić information content (AvgIpc) is 2.80. The number of carbonyl (C=O) groups is 2. The van der Waals surface area contributed by atoms with Crippen LogP contribution in [0.4, 0.5) is 17.1 Å². The highest BCUT2D eigenvalue weighted by atomic mass is 35.5. The van der Waals surface area contributed by atoms with E-state index >= 15 is 0 Å². The van der Waals surface area contributed by atoms with Gasteiger partial charge in [0.1, 0.15) is 5.69 Å². The third-order valence-corrected chi connectivity index (χ3v) is 4.98. The fourth-order valence-electron chi connectivity index (χ4n) is 3.22. The highest BCUT2D eigenvalue weighted by molar-refractivity contribution is 6.30. The molecule has 0 atom stereocenters. The van der Waals surface area contributed by atoms with E-state index in [9.17, 15) is 19.7 Å². The van der Waals surface area contributed by atoms with Crippen molar-refractivity contribution in [3.63, 3.8) is 0 Å². The quantitative estimate of drug-likeness (QED) is 0.630. The zero-order chi connectivity index (χ0) is 19.9.